The Bertz CT molecular complexity index is 1080. The van der Waals surface area contributed by atoms with E-state index in [9.17, 15) is 9.59 Å². The summed E-state index contributed by atoms with van der Waals surface area (Å²) in [6.07, 6.45) is 3.90. The normalized spacial score (nSPS) is 22.2. The summed E-state index contributed by atoms with van der Waals surface area (Å²) in [5.74, 6) is 0.491. The number of hydrogen-bond acceptors (Lipinski definition) is 3. The number of aromatic amines is 1. The molecule has 0 unspecified atom stereocenters. The van der Waals surface area contributed by atoms with Crippen molar-refractivity contribution in [3.05, 3.63) is 75.7 Å². The molecular weight excluding hydrogens is 338 g/mol. The van der Waals surface area contributed by atoms with Gasteiger partial charge < -0.3 is 4.90 Å². The van der Waals surface area contributed by atoms with E-state index in [0.29, 0.717) is 11.3 Å². The Morgan fingerprint density at radius 3 is 2.37 bits per heavy atom. The summed E-state index contributed by atoms with van der Waals surface area (Å²) in [6, 6.07) is 15.9. The van der Waals surface area contributed by atoms with E-state index in [1.165, 1.54) is 0 Å². The van der Waals surface area contributed by atoms with Crippen LogP contribution in [0.4, 0.5) is 0 Å². The van der Waals surface area contributed by atoms with Crippen LogP contribution in [0, 0.1) is 0 Å². The fourth-order valence-corrected chi connectivity index (χ4v) is 4.68. The maximum absolute atomic E-state index is 12.7. The minimum atomic E-state index is -0.136. The number of benzene rings is 2. The average Bonchev–Trinajstić information content (AvgIpc) is 3.06. The molecular formula is C22H21N3O2. The van der Waals surface area contributed by atoms with E-state index in [1.54, 1.807) is 0 Å². The van der Waals surface area contributed by atoms with E-state index in [4.69, 9.17) is 0 Å². The van der Waals surface area contributed by atoms with Crippen LogP contribution >= 0.6 is 0 Å². The Kier molecular flexibility index (Phi) is 3.81. The molecule has 2 aliphatic rings. The van der Waals surface area contributed by atoms with Gasteiger partial charge in [0.25, 0.3) is 11.5 Å². The molecule has 0 bridgehead atoms. The molecule has 0 spiro atoms. The van der Waals surface area contributed by atoms with Crippen molar-refractivity contribution in [2.45, 2.75) is 44.2 Å². The minimum Gasteiger partial charge on any atom is -0.331 e. The molecule has 2 aromatic carbocycles. The third-order valence-corrected chi connectivity index (χ3v) is 6.10. The number of carbonyl (C=O) groups excluding carboxylic acids is 1. The van der Waals surface area contributed by atoms with Gasteiger partial charge in [-0.3, -0.25) is 9.59 Å². The van der Waals surface area contributed by atoms with Gasteiger partial charge in [-0.05, 0) is 43.4 Å². The fourth-order valence-electron chi connectivity index (χ4n) is 4.68. The Hall–Kier alpha value is -2.95. The summed E-state index contributed by atoms with van der Waals surface area (Å²) in [6.45, 7) is 0.726. The molecule has 0 atom stereocenters. The van der Waals surface area contributed by atoms with E-state index >= 15 is 0 Å². The predicted molar refractivity (Wildman–Crippen MR) is 104 cm³/mol. The van der Waals surface area contributed by atoms with E-state index in [2.05, 4.69) is 16.3 Å². The molecule has 0 saturated heterocycles. The van der Waals surface area contributed by atoms with Crippen LogP contribution in [-0.2, 0) is 6.54 Å². The van der Waals surface area contributed by atoms with Gasteiger partial charge in [0, 0.05) is 29.5 Å². The predicted octanol–water partition coefficient (Wildman–Crippen LogP) is 3.61. The molecule has 1 amide bonds. The molecule has 1 aliphatic carbocycles. The maximum Gasteiger partial charge on any atom is 0.272 e. The molecule has 1 aromatic heterocycles. The van der Waals surface area contributed by atoms with Crippen LogP contribution in [0.3, 0.4) is 0 Å². The molecule has 1 fully saturated rings. The molecule has 5 rings (SSSR count). The number of nitrogens with zero attached hydrogens (tertiary/aromatic N) is 2. The highest BCUT2D eigenvalue weighted by Gasteiger charge is 2.35. The van der Waals surface area contributed by atoms with Crippen LogP contribution in [0.5, 0.6) is 0 Å². The van der Waals surface area contributed by atoms with Gasteiger partial charge in [0.15, 0.2) is 0 Å². The first kappa shape index (κ1) is 16.2. The molecule has 5 nitrogen and oxygen atoms in total. The van der Waals surface area contributed by atoms with Gasteiger partial charge >= 0.3 is 0 Å². The minimum absolute atomic E-state index is 0.136. The van der Waals surface area contributed by atoms with Crippen LogP contribution in [0.25, 0.3) is 10.8 Å². The first-order valence-electron chi connectivity index (χ1n) is 9.58. The summed E-state index contributed by atoms with van der Waals surface area (Å²) in [5, 5.41) is 8.69. The van der Waals surface area contributed by atoms with Gasteiger partial charge in [0.05, 0.1) is 11.1 Å². The molecule has 27 heavy (non-hydrogen) atoms. The SMILES string of the molecule is O=C1c2ccccc2CN1[C@H]1CC[C@H](c2n[nH]c(=O)c3ccccc32)CC1. The zero-order valence-electron chi connectivity index (χ0n) is 15.0. The zero-order chi connectivity index (χ0) is 18.4. The maximum atomic E-state index is 12.7. The van der Waals surface area contributed by atoms with Crippen LogP contribution in [0.15, 0.2) is 53.3 Å². The van der Waals surface area contributed by atoms with Gasteiger partial charge in [-0.1, -0.05) is 36.4 Å². The molecule has 1 N–H and O–H groups in total. The van der Waals surface area contributed by atoms with Crippen molar-refractivity contribution in [3.8, 4) is 0 Å². The van der Waals surface area contributed by atoms with Crippen molar-refractivity contribution in [2.75, 3.05) is 0 Å². The van der Waals surface area contributed by atoms with Crippen molar-refractivity contribution in [2.24, 2.45) is 0 Å². The third-order valence-electron chi connectivity index (χ3n) is 6.10. The van der Waals surface area contributed by atoms with Crippen molar-refractivity contribution < 1.29 is 4.79 Å². The first-order chi connectivity index (χ1) is 13.2. The lowest BCUT2D eigenvalue weighted by atomic mass is 9.82. The average molecular weight is 359 g/mol. The lowest BCUT2D eigenvalue weighted by Crippen LogP contribution is -2.38. The molecule has 2 heterocycles. The molecule has 136 valence electrons. The lowest BCUT2D eigenvalue weighted by Gasteiger charge is -2.34. The highest BCUT2D eigenvalue weighted by atomic mass is 16.2. The largest absolute Gasteiger partial charge is 0.331 e. The number of aromatic nitrogens is 2. The molecule has 1 saturated carbocycles. The van der Waals surface area contributed by atoms with Crippen LogP contribution in [0.2, 0.25) is 0 Å². The van der Waals surface area contributed by atoms with Crippen LogP contribution < -0.4 is 5.56 Å². The quantitative estimate of drug-likeness (QED) is 0.760. The Labute approximate surface area is 157 Å². The summed E-state index contributed by atoms with van der Waals surface area (Å²) in [7, 11) is 0. The monoisotopic (exact) mass is 359 g/mol. The molecule has 1 aliphatic heterocycles. The molecule has 3 aromatic rings. The number of fused-ring (bicyclic) bond motifs is 2. The van der Waals surface area contributed by atoms with Gasteiger partial charge in [-0.25, -0.2) is 5.10 Å². The van der Waals surface area contributed by atoms with Gasteiger partial charge in [-0.2, -0.15) is 5.10 Å². The molecule has 0 radical (unpaired) electrons. The second-order valence-corrected chi connectivity index (χ2v) is 7.58. The van der Waals surface area contributed by atoms with Crippen molar-refractivity contribution in [1.29, 1.82) is 0 Å². The van der Waals surface area contributed by atoms with Gasteiger partial charge in [0.1, 0.15) is 0 Å². The number of nitrogens with one attached hydrogen (secondary N) is 1. The van der Waals surface area contributed by atoms with E-state index < -0.39 is 0 Å². The highest BCUT2D eigenvalue weighted by molar-refractivity contribution is 5.98. The summed E-state index contributed by atoms with van der Waals surface area (Å²) in [4.78, 5) is 26.8. The standard InChI is InChI=1S/C22H21N3O2/c26-21-19-8-4-3-7-18(19)20(23-24-21)14-9-11-16(12-10-14)25-13-15-5-1-2-6-17(15)22(25)27/h1-8,14,16H,9-13H2,(H,24,26)/t14-,16-. The summed E-state index contributed by atoms with van der Waals surface area (Å²) < 4.78 is 0. The zero-order valence-corrected chi connectivity index (χ0v) is 15.0. The Morgan fingerprint density at radius 2 is 1.59 bits per heavy atom. The number of hydrogen-bond donors (Lipinski definition) is 1. The number of carbonyl (C=O) groups is 1. The number of rotatable bonds is 2. The van der Waals surface area contributed by atoms with Crippen molar-refractivity contribution >= 4 is 16.7 Å². The molecule has 5 heteroatoms. The Balaban J connectivity index is 1.35. The van der Waals surface area contributed by atoms with E-state index in [0.717, 1.165) is 54.4 Å². The number of amides is 1. The van der Waals surface area contributed by atoms with Crippen molar-refractivity contribution in [1.82, 2.24) is 15.1 Å². The van der Waals surface area contributed by atoms with Crippen LogP contribution in [-0.4, -0.2) is 27.0 Å². The van der Waals surface area contributed by atoms with E-state index in [-0.39, 0.29) is 17.5 Å². The second kappa shape index (κ2) is 6.34. The second-order valence-electron chi connectivity index (χ2n) is 7.58. The highest BCUT2D eigenvalue weighted by Crippen LogP contribution is 2.38. The van der Waals surface area contributed by atoms with Gasteiger partial charge in [-0.15, -0.1) is 0 Å². The first-order valence-corrected chi connectivity index (χ1v) is 9.58. The smallest absolute Gasteiger partial charge is 0.272 e. The summed E-state index contributed by atoms with van der Waals surface area (Å²) >= 11 is 0. The topological polar surface area (TPSA) is 66.1 Å². The van der Waals surface area contributed by atoms with Crippen molar-refractivity contribution in [3.63, 3.8) is 0 Å². The lowest BCUT2D eigenvalue weighted by molar-refractivity contribution is 0.0651. The van der Waals surface area contributed by atoms with Gasteiger partial charge in [0.2, 0.25) is 0 Å². The fraction of sp³-hybridized carbons (Fsp3) is 0.318. The van der Waals surface area contributed by atoms with E-state index in [1.807, 2.05) is 47.4 Å². The Morgan fingerprint density at radius 1 is 0.889 bits per heavy atom. The summed E-state index contributed by atoms with van der Waals surface area (Å²) in [5.41, 5.74) is 2.84. The third kappa shape index (κ3) is 2.65. The van der Waals surface area contributed by atoms with Crippen LogP contribution in [0.1, 0.15) is 53.2 Å². The number of H-pyrrole nitrogens is 1.